The average molecular weight is 346 g/mol. The molecule has 0 saturated heterocycles. The molecule has 0 bridgehead atoms. The summed E-state index contributed by atoms with van der Waals surface area (Å²) in [6, 6.07) is 0. The summed E-state index contributed by atoms with van der Waals surface area (Å²) >= 11 is 0. The Morgan fingerprint density at radius 3 is 1.58 bits per heavy atom. The third-order valence-electron chi connectivity index (χ3n) is 2.56. The van der Waals surface area contributed by atoms with Crippen LogP contribution in [0.3, 0.4) is 0 Å². The summed E-state index contributed by atoms with van der Waals surface area (Å²) in [5, 5.41) is 8.98. The molecular formula is C15H22O9. The van der Waals surface area contributed by atoms with Crippen molar-refractivity contribution in [2.75, 3.05) is 6.61 Å². The molecule has 0 rings (SSSR count). The molecule has 0 saturated carbocycles. The van der Waals surface area contributed by atoms with Gasteiger partial charge in [0.05, 0.1) is 0 Å². The van der Waals surface area contributed by atoms with Crippen LogP contribution in [-0.2, 0) is 38.1 Å². The Kier molecular flexibility index (Phi) is 9.33. The van der Waals surface area contributed by atoms with Crippen LogP contribution in [-0.4, -0.2) is 60.0 Å². The minimum Gasteiger partial charge on any atom is -0.459 e. The van der Waals surface area contributed by atoms with Gasteiger partial charge in [0.2, 0.25) is 0 Å². The Bertz CT molecular complexity index is 483. The van der Waals surface area contributed by atoms with Crippen molar-refractivity contribution in [3.05, 3.63) is 12.7 Å². The summed E-state index contributed by atoms with van der Waals surface area (Å²) < 4.78 is 18.9. The van der Waals surface area contributed by atoms with Crippen molar-refractivity contribution in [1.29, 1.82) is 0 Å². The molecule has 24 heavy (non-hydrogen) atoms. The highest BCUT2D eigenvalue weighted by Gasteiger charge is 2.28. The summed E-state index contributed by atoms with van der Waals surface area (Å²) in [7, 11) is 0. The van der Waals surface area contributed by atoms with Gasteiger partial charge in [-0.15, -0.1) is 0 Å². The molecule has 9 heteroatoms. The molecule has 0 unspecified atom stereocenters. The van der Waals surface area contributed by atoms with Crippen molar-refractivity contribution in [1.82, 2.24) is 0 Å². The average Bonchev–Trinajstić information content (AvgIpc) is 2.51. The first-order chi connectivity index (χ1) is 11.1. The van der Waals surface area contributed by atoms with E-state index >= 15 is 0 Å². The summed E-state index contributed by atoms with van der Waals surface area (Å²) in [5.41, 5.74) is 0. The molecule has 0 fully saturated rings. The number of rotatable bonds is 9. The molecule has 0 aromatic heterocycles. The lowest BCUT2D eigenvalue weighted by molar-refractivity contribution is -0.183. The minimum absolute atomic E-state index is 0.0303. The fourth-order valence-electron chi connectivity index (χ4n) is 1.22. The molecule has 9 nitrogen and oxygen atoms in total. The van der Waals surface area contributed by atoms with E-state index in [-0.39, 0.29) is 6.61 Å². The Morgan fingerprint density at radius 2 is 1.21 bits per heavy atom. The molecule has 0 aromatic carbocycles. The van der Waals surface area contributed by atoms with Crippen LogP contribution in [0.15, 0.2) is 12.7 Å². The molecule has 0 aliphatic rings. The zero-order chi connectivity index (χ0) is 18.9. The lowest BCUT2D eigenvalue weighted by Crippen LogP contribution is -2.37. The zero-order valence-corrected chi connectivity index (χ0v) is 14.0. The number of carbonyl (C=O) groups is 4. The molecule has 1 N–H and O–H groups in total. The van der Waals surface area contributed by atoms with Crippen LogP contribution < -0.4 is 0 Å². The van der Waals surface area contributed by atoms with Crippen LogP contribution in [0.5, 0.6) is 0 Å². The Hall–Kier alpha value is -2.42. The Morgan fingerprint density at radius 1 is 0.833 bits per heavy atom. The first-order valence-corrected chi connectivity index (χ1v) is 7.17. The van der Waals surface area contributed by atoms with Crippen molar-refractivity contribution < 1.29 is 43.2 Å². The van der Waals surface area contributed by atoms with Crippen LogP contribution in [0.25, 0.3) is 0 Å². The Balaban J connectivity index is 4.43. The second kappa shape index (κ2) is 10.4. The fourth-order valence-corrected chi connectivity index (χ4v) is 1.22. The quantitative estimate of drug-likeness (QED) is 0.346. The highest BCUT2D eigenvalue weighted by Crippen LogP contribution is 2.05. The van der Waals surface area contributed by atoms with Gasteiger partial charge in [-0.2, -0.15) is 0 Å². The SMILES string of the molecule is C=CCOC(=O)[C@H](C)OC(=O)[C@H](C)OC(=O)[C@H](C)OC(=O)[C@H](C)O. The second-order valence-electron chi connectivity index (χ2n) is 4.83. The number of ether oxygens (including phenoxy) is 4. The van der Waals surface area contributed by atoms with E-state index in [0.717, 1.165) is 0 Å². The van der Waals surface area contributed by atoms with Crippen molar-refractivity contribution in [2.45, 2.75) is 52.1 Å². The Labute approximate surface area is 139 Å². The van der Waals surface area contributed by atoms with E-state index in [9.17, 15) is 19.2 Å². The number of esters is 4. The molecule has 0 aliphatic heterocycles. The van der Waals surface area contributed by atoms with E-state index in [1.54, 1.807) is 0 Å². The summed E-state index contributed by atoms with van der Waals surface area (Å²) in [6.07, 6.45) is -3.89. The molecule has 0 amide bonds. The lowest BCUT2D eigenvalue weighted by atomic mass is 10.3. The molecule has 0 radical (unpaired) electrons. The van der Waals surface area contributed by atoms with E-state index in [4.69, 9.17) is 19.3 Å². The number of hydrogen-bond donors (Lipinski definition) is 1. The van der Waals surface area contributed by atoms with E-state index in [1.807, 2.05) is 0 Å². The lowest BCUT2D eigenvalue weighted by Gasteiger charge is -2.18. The van der Waals surface area contributed by atoms with Crippen LogP contribution >= 0.6 is 0 Å². The number of carbonyl (C=O) groups excluding carboxylic acids is 4. The highest BCUT2D eigenvalue weighted by atomic mass is 16.6. The van der Waals surface area contributed by atoms with E-state index in [2.05, 4.69) is 11.3 Å². The molecule has 0 spiro atoms. The standard InChI is InChI=1S/C15H22O9/c1-6-7-21-13(18)9(3)23-15(20)11(5)24-14(19)10(4)22-12(17)8(2)16/h6,8-11,16H,1,7H2,2-5H3/t8-,9-,10-,11-/m0/s1. The zero-order valence-electron chi connectivity index (χ0n) is 14.0. The minimum atomic E-state index is -1.40. The van der Waals surface area contributed by atoms with Gasteiger partial charge in [-0.05, 0) is 27.7 Å². The highest BCUT2D eigenvalue weighted by molar-refractivity contribution is 5.85. The monoisotopic (exact) mass is 346 g/mol. The molecule has 0 heterocycles. The fraction of sp³-hybridized carbons (Fsp3) is 0.600. The maximum Gasteiger partial charge on any atom is 0.347 e. The van der Waals surface area contributed by atoms with Crippen LogP contribution in [0.4, 0.5) is 0 Å². The topological polar surface area (TPSA) is 125 Å². The van der Waals surface area contributed by atoms with Crippen LogP contribution in [0, 0.1) is 0 Å². The molecule has 4 atom stereocenters. The van der Waals surface area contributed by atoms with Gasteiger partial charge in [-0.25, -0.2) is 19.2 Å². The van der Waals surface area contributed by atoms with Crippen molar-refractivity contribution in [3.8, 4) is 0 Å². The first-order valence-electron chi connectivity index (χ1n) is 7.17. The van der Waals surface area contributed by atoms with Gasteiger partial charge in [0, 0.05) is 0 Å². The van der Waals surface area contributed by atoms with Gasteiger partial charge >= 0.3 is 23.9 Å². The molecule has 0 aromatic rings. The molecule has 136 valence electrons. The van der Waals surface area contributed by atoms with E-state index < -0.39 is 48.3 Å². The predicted octanol–water partition coefficient (Wildman–Crippen LogP) is -0.108. The third-order valence-corrected chi connectivity index (χ3v) is 2.56. The van der Waals surface area contributed by atoms with E-state index in [1.165, 1.54) is 33.8 Å². The summed E-state index contributed by atoms with van der Waals surface area (Å²) in [6.45, 7) is 8.25. The second-order valence-corrected chi connectivity index (χ2v) is 4.83. The number of aliphatic hydroxyl groups excluding tert-OH is 1. The van der Waals surface area contributed by atoms with Crippen LogP contribution in [0.1, 0.15) is 27.7 Å². The third kappa shape index (κ3) is 7.73. The van der Waals surface area contributed by atoms with Gasteiger partial charge in [-0.1, -0.05) is 12.7 Å². The predicted molar refractivity (Wildman–Crippen MR) is 79.5 cm³/mol. The van der Waals surface area contributed by atoms with Crippen LogP contribution in [0.2, 0.25) is 0 Å². The number of hydrogen-bond acceptors (Lipinski definition) is 9. The smallest absolute Gasteiger partial charge is 0.347 e. The van der Waals surface area contributed by atoms with Gasteiger partial charge in [0.1, 0.15) is 12.7 Å². The van der Waals surface area contributed by atoms with Gasteiger partial charge in [0.15, 0.2) is 18.3 Å². The maximum absolute atomic E-state index is 11.7. The van der Waals surface area contributed by atoms with Gasteiger partial charge < -0.3 is 24.1 Å². The first kappa shape index (κ1) is 21.6. The van der Waals surface area contributed by atoms with Gasteiger partial charge in [0.25, 0.3) is 0 Å². The van der Waals surface area contributed by atoms with Crippen molar-refractivity contribution in [2.24, 2.45) is 0 Å². The van der Waals surface area contributed by atoms with Crippen molar-refractivity contribution >= 4 is 23.9 Å². The van der Waals surface area contributed by atoms with Crippen molar-refractivity contribution in [3.63, 3.8) is 0 Å². The summed E-state index contributed by atoms with van der Waals surface area (Å²) in [5.74, 6) is -3.76. The largest absolute Gasteiger partial charge is 0.459 e. The maximum atomic E-state index is 11.7. The normalized spacial score (nSPS) is 15.2. The van der Waals surface area contributed by atoms with E-state index in [0.29, 0.717) is 0 Å². The summed E-state index contributed by atoms with van der Waals surface area (Å²) in [4.78, 5) is 46.0. The molecular weight excluding hydrogens is 324 g/mol. The molecule has 0 aliphatic carbocycles. The number of aliphatic hydroxyl groups is 1. The van der Waals surface area contributed by atoms with Gasteiger partial charge in [-0.3, -0.25) is 0 Å².